The number of halogens is 3. The summed E-state index contributed by atoms with van der Waals surface area (Å²) in [7, 11) is -1.71. The maximum absolute atomic E-state index is 12.9. The average molecular weight is 469 g/mol. The molecule has 7 nitrogen and oxygen atoms in total. The van der Waals surface area contributed by atoms with Crippen molar-refractivity contribution in [1.82, 2.24) is 10.6 Å². The molecule has 2 amide bonds. The van der Waals surface area contributed by atoms with Crippen molar-refractivity contribution in [1.29, 1.82) is 0 Å². The topological polar surface area (TPSA) is 102 Å². The van der Waals surface area contributed by atoms with Gasteiger partial charge in [0, 0.05) is 12.2 Å². The number of carbonyl (C=O) groups is 2. The molecule has 2 fully saturated rings. The van der Waals surface area contributed by atoms with Crippen LogP contribution in [0.15, 0.2) is 24.3 Å². The van der Waals surface area contributed by atoms with Crippen LogP contribution in [0.4, 0.5) is 18.9 Å². The van der Waals surface area contributed by atoms with Crippen molar-refractivity contribution < 1.29 is 32.8 Å². The predicted molar refractivity (Wildman–Crippen MR) is 118 cm³/mol. The summed E-state index contributed by atoms with van der Waals surface area (Å²) >= 11 is 0. The van der Waals surface area contributed by atoms with E-state index in [0.29, 0.717) is 37.4 Å². The summed E-state index contributed by atoms with van der Waals surface area (Å²) in [4.78, 5) is 27.5. The van der Waals surface area contributed by atoms with Gasteiger partial charge < -0.3 is 25.6 Å². The molecule has 1 saturated carbocycles. The Morgan fingerprint density at radius 2 is 1.76 bits per heavy atom. The second-order valence-electron chi connectivity index (χ2n) is 9.44. The standard InChI is InChI=1S/C22H31BF3N3O4/c1-13(2)11-19(23(32)33)28-20(30)17(12-14-3-4-14)27-21(31)18-9-10-29(18)16-7-5-15(6-8-16)22(24,25)26/h5-8,13-14,17-19,32-33H,3-4,9-12H2,1-2H3,(H,27,31)(H,28,30). The van der Waals surface area contributed by atoms with E-state index in [-0.39, 0.29) is 11.8 Å². The van der Waals surface area contributed by atoms with Crippen molar-refractivity contribution in [2.45, 2.75) is 70.2 Å². The van der Waals surface area contributed by atoms with Crippen LogP contribution in [0.2, 0.25) is 0 Å². The molecule has 1 aromatic rings. The van der Waals surface area contributed by atoms with E-state index in [1.54, 1.807) is 4.90 Å². The lowest BCUT2D eigenvalue weighted by Gasteiger charge is -2.42. The highest BCUT2D eigenvalue weighted by Gasteiger charge is 2.39. The number of hydrogen-bond acceptors (Lipinski definition) is 5. The van der Waals surface area contributed by atoms with Gasteiger partial charge in [-0.15, -0.1) is 0 Å². The van der Waals surface area contributed by atoms with Crippen LogP contribution in [0.25, 0.3) is 0 Å². The Balaban J connectivity index is 1.64. The first kappa shape index (κ1) is 25.4. The summed E-state index contributed by atoms with van der Waals surface area (Å²) < 4.78 is 38.4. The zero-order valence-electron chi connectivity index (χ0n) is 18.8. The van der Waals surface area contributed by atoms with Crippen LogP contribution in [-0.2, 0) is 15.8 Å². The Labute approximate surface area is 191 Å². The van der Waals surface area contributed by atoms with Gasteiger partial charge in [0.2, 0.25) is 11.8 Å². The van der Waals surface area contributed by atoms with Crippen LogP contribution >= 0.6 is 0 Å². The molecule has 0 spiro atoms. The molecule has 1 saturated heterocycles. The van der Waals surface area contributed by atoms with Crippen LogP contribution in [0, 0.1) is 11.8 Å². The third-order valence-electron chi connectivity index (χ3n) is 6.16. The first-order valence-electron chi connectivity index (χ1n) is 11.4. The molecule has 11 heteroatoms. The molecular formula is C22H31BF3N3O4. The van der Waals surface area contributed by atoms with Crippen LogP contribution in [0.3, 0.4) is 0 Å². The second-order valence-corrected chi connectivity index (χ2v) is 9.44. The van der Waals surface area contributed by atoms with Crippen molar-refractivity contribution in [3.63, 3.8) is 0 Å². The molecule has 0 radical (unpaired) electrons. The lowest BCUT2D eigenvalue weighted by atomic mass is 9.75. The molecule has 3 rings (SSSR count). The Morgan fingerprint density at radius 1 is 1.12 bits per heavy atom. The number of alkyl halides is 3. The first-order chi connectivity index (χ1) is 15.5. The lowest BCUT2D eigenvalue weighted by Crippen LogP contribution is -2.61. The van der Waals surface area contributed by atoms with E-state index in [4.69, 9.17) is 0 Å². The van der Waals surface area contributed by atoms with E-state index < -0.39 is 42.8 Å². The highest BCUT2D eigenvalue weighted by atomic mass is 19.4. The van der Waals surface area contributed by atoms with E-state index in [9.17, 15) is 32.8 Å². The maximum Gasteiger partial charge on any atom is 0.475 e. The minimum Gasteiger partial charge on any atom is -0.426 e. The molecule has 2 aliphatic rings. The summed E-state index contributed by atoms with van der Waals surface area (Å²) in [6, 6.07) is 3.27. The van der Waals surface area contributed by atoms with Gasteiger partial charge in [0.15, 0.2) is 0 Å². The molecule has 182 valence electrons. The SMILES string of the molecule is CC(C)CC(NC(=O)C(CC1CC1)NC(=O)C1CCN1c1ccc(C(F)(F)F)cc1)B(O)O. The number of anilines is 1. The Bertz CT molecular complexity index is 831. The zero-order valence-corrected chi connectivity index (χ0v) is 18.8. The monoisotopic (exact) mass is 469 g/mol. The van der Waals surface area contributed by atoms with Gasteiger partial charge in [-0.05, 0) is 55.4 Å². The van der Waals surface area contributed by atoms with E-state index in [1.165, 1.54) is 12.1 Å². The fourth-order valence-electron chi connectivity index (χ4n) is 4.04. The van der Waals surface area contributed by atoms with Gasteiger partial charge in [-0.3, -0.25) is 9.59 Å². The molecule has 0 bridgehead atoms. The van der Waals surface area contributed by atoms with Crippen LogP contribution in [0.5, 0.6) is 0 Å². The van der Waals surface area contributed by atoms with E-state index >= 15 is 0 Å². The van der Waals surface area contributed by atoms with Gasteiger partial charge in [-0.2, -0.15) is 13.2 Å². The van der Waals surface area contributed by atoms with Gasteiger partial charge >= 0.3 is 13.3 Å². The van der Waals surface area contributed by atoms with E-state index in [1.807, 2.05) is 13.8 Å². The molecule has 33 heavy (non-hydrogen) atoms. The number of amides is 2. The van der Waals surface area contributed by atoms with Crippen molar-refractivity contribution in [3.05, 3.63) is 29.8 Å². The summed E-state index contributed by atoms with van der Waals surface area (Å²) in [6.07, 6.45) is -1.13. The first-order valence-corrected chi connectivity index (χ1v) is 11.4. The number of nitrogens with one attached hydrogen (secondary N) is 2. The molecule has 3 unspecified atom stereocenters. The fraction of sp³-hybridized carbons (Fsp3) is 0.636. The van der Waals surface area contributed by atoms with Crippen molar-refractivity contribution in [2.24, 2.45) is 11.8 Å². The third-order valence-corrected chi connectivity index (χ3v) is 6.16. The molecule has 1 aliphatic carbocycles. The largest absolute Gasteiger partial charge is 0.475 e. The van der Waals surface area contributed by atoms with Crippen molar-refractivity contribution >= 4 is 24.6 Å². The van der Waals surface area contributed by atoms with Crippen LogP contribution < -0.4 is 15.5 Å². The molecular weight excluding hydrogens is 438 g/mol. The van der Waals surface area contributed by atoms with E-state index in [2.05, 4.69) is 10.6 Å². The number of nitrogens with zero attached hydrogens (tertiary/aromatic N) is 1. The van der Waals surface area contributed by atoms with Crippen molar-refractivity contribution in [3.8, 4) is 0 Å². The minimum absolute atomic E-state index is 0.126. The smallest absolute Gasteiger partial charge is 0.426 e. The molecule has 1 aromatic carbocycles. The Hall–Kier alpha value is -2.27. The molecule has 1 heterocycles. The quantitative estimate of drug-likeness (QED) is 0.394. The normalized spacial score (nSPS) is 20.1. The lowest BCUT2D eigenvalue weighted by molar-refractivity contribution is -0.137. The van der Waals surface area contributed by atoms with Gasteiger partial charge in [-0.25, -0.2) is 0 Å². The summed E-state index contributed by atoms with van der Waals surface area (Å²) in [5, 5.41) is 24.7. The molecule has 1 aliphatic heterocycles. The van der Waals surface area contributed by atoms with E-state index in [0.717, 1.165) is 25.0 Å². The molecule has 3 atom stereocenters. The average Bonchev–Trinajstić information content (AvgIpc) is 3.49. The number of hydrogen-bond donors (Lipinski definition) is 4. The third kappa shape index (κ3) is 6.86. The van der Waals surface area contributed by atoms with Gasteiger partial charge in [0.05, 0.1) is 11.5 Å². The zero-order chi connectivity index (χ0) is 24.3. The highest BCUT2D eigenvalue weighted by molar-refractivity contribution is 6.43. The van der Waals surface area contributed by atoms with Gasteiger partial charge in [0.1, 0.15) is 12.1 Å². The highest BCUT2D eigenvalue weighted by Crippen LogP contribution is 2.35. The van der Waals surface area contributed by atoms with Crippen LogP contribution in [0.1, 0.15) is 51.5 Å². The summed E-state index contributed by atoms with van der Waals surface area (Å²) in [6.45, 7) is 4.32. The maximum atomic E-state index is 12.9. The minimum atomic E-state index is -4.43. The fourth-order valence-corrected chi connectivity index (χ4v) is 4.04. The second kappa shape index (κ2) is 10.3. The number of rotatable bonds is 10. The summed E-state index contributed by atoms with van der Waals surface area (Å²) in [5.41, 5.74) is -0.242. The number of carbonyl (C=O) groups excluding carboxylic acids is 2. The Kier molecular flexibility index (Phi) is 7.94. The van der Waals surface area contributed by atoms with Crippen molar-refractivity contribution in [2.75, 3.05) is 11.4 Å². The molecule has 4 N–H and O–H groups in total. The summed E-state index contributed by atoms with van der Waals surface area (Å²) in [5.74, 6) is -1.22. The number of benzene rings is 1. The van der Waals surface area contributed by atoms with Gasteiger partial charge in [0.25, 0.3) is 0 Å². The Morgan fingerprint density at radius 3 is 2.21 bits per heavy atom. The van der Waals surface area contributed by atoms with Crippen LogP contribution in [-0.4, -0.2) is 53.6 Å². The van der Waals surface area contributed by atoms with Gasteiger partial charge in [-0.1, -0.05) is 26.7 Å². The molecule has 0 aromatic heterocycles. The predicted octanol–water partition coefficient (Wildman–Crippen LogP) is 2.11.